The molecule has 2 aromatic carbocycles. The molecule has 2 saturated heterocycles. The highest BCUT2D eigenvalue weighted by molar-refractivity contribution is 5.92. The number of ketones is 1. The van der Waals surface area contributed by atoms with Gasteiger partial charge in [0.1, 0.15) is 29.7 Å². The van der Waals surface area contributed by atoms with Gasteiger partial charge in [-0.1, -0.05) is 69.7 Å². The Morgan fingerprint density at radius 1 is 1.06 bits per heavy atom. The number of carbonyl (C=O) groups excluding carboxylic acids is 3. The molecule has 2 aromatic rings. The molecule has 6 aliphatic rings. The van der Waals surface area contributed by atoms with Crippen molar-refractivity contribution in [3.63, 3.8) is 0 Å². The molecular weight excluding hydrogens is 658 g/mol. The zero-order chi connectivity index (χ0) is 34.8. The van der Waals surface area contributed by atoms with Gasteiger partial charge in [0, 0.05) is 47.6 Å². The van der Waals surface area contributed by atoms with Crippen molar-refractivity contribution in [1.29, 1.82) is 0 Å². The maximum Gasteiger partial charge on any atom is 0.309 e. The first-order valence-corrected chi connectivity index (χ1v) is 18.1. The number of carbonyl (C=O) groups is 3. The summed E-state index contributed by atoms with van der Waals surface area (Å²) in [6.45, 7) is 9.46. The molecule has 3 saturated carbocycles. The Morgan fingerprint density at radius 2 is 1.82 bits per heavy atom. The van der Waals surface area contributed by atoms with Gasteiger partial charge in [0.15, 0.2) is 5.78 Å². The highest BCUT2D eigenvalue weighted by Crippen LogP contribution is 2.78. The number of esters is 2. The number of rotatable bonds is 7. The van der Waals surface area contributed by atoms with Crippen LogP contribution in [-0.4, -0.2) is 72.5 Å². The lowest BCUT2D eigenvalue weighted by molar-refractivity contribution is -0.172. The van der Waals surface area contributed by atoms with Crippen LogP contribution >= 0.6 is 12.4 Å². The molecule has 0 radical (unpaired) electrons. The fraction of sp³-hybridized carbons (Fsp3) is 0.625. The third kappa shape index (κ3) is 5.76. The summed E-state index contributed by atoms with van der Waals surface area (Å²) in [6, 6.07) is 14.4. The topological polar surface area (TPSA) is 124 Å². The number of ether oxygens (including phenoxy) is 4. The monoisotopic (exact) mass is 709 g/mol. The molecular formula is C40H52ClNO8. The van der Waals surface area contributed by atoms with Crippen LogP contribution in [0.4, 0.5) is 0 Å². The number of nitrogens with one attached hydrogen (secondary N) is 1. The largest absolute Gasteiger partial charge is 0.490 e. The molecule has 1 unspecified atom stereocenters. The minimum Gasteiger partial charge on any atom is -0.490 e. The molecule has 50 heavy (non-hydrogen) atoms. The van der Waals surface area contributed by atoms with Crippen LogP contribution in [0.3, 0.4) is 0 Å². The molecule has 272 valence electrons. The maximum absolute atomic E-state index is 13.0. The smallest absolute Gasteiger partial charge is 0.309 e. The molecule has 4 aliphatic carbocycles. The molecule has 2 spiro atoms. The Kier molecular flexibility index (Phi) is 9.96. The molecule has 2 aliphatic heterocycles. The molecule has 5 fully saturated rings. The number of hydrogen-bond donors (Lipinski definition) is 2. The number of epoxide rings is 1. The van der Waals surface area contributed by atoms with Crippen molar-refractivity contribution < 1.29 is 38.4 Å². The molecule has 10 heteroatoms. The summed E-state index contributed by atoms with van der Waals surface area (Å²) >= 11 is 0. The van der Waals surface area contributed by atoms with E-state index in [9.17, 15) is 19.5 Å². The number of aliphatic hydroxyl groups is 1. The lowest BCUT2D eigenvalue weighted by Gasteiger charge is -2.58. The van der Waals surface area contributed by atoms with Gasteiger partial charge in [-0.15, -0.1) is 12.4 Å². The van der Waals surface area contributed by atoms with Crippen molar-refractivity contribution in [2.45, 2.75) is 109 Å². The predicted molar refractivity (Wildman–Crippen MR) is 191 cm³/mol. The molecule has 9 nitrogen and oxygen atoms in total. The summed E-state index contributed by atoms with van der Waals surface area (Å²) in [4.78, 5) is 37.4. The van der Waals surface area contributed by atoms with Crippen molar-refractivity contribution in [3.8, 4) is 5.75 Å². The number of aliphatic hydroxyl groups excluding tert-OH is 1. The van der Waals surface area contributed by atoms with E-state index in [1.165, 1.54) is 7.11 Å². The maximum atomic E-state index is 13.0. The lowest BCUT2D eigenvalue weighted by Crippen LogP contribution is -2.63. The van der Waals surface area contributed by atoms with E-state index in [1.807, 2.05) is 30.3 Å². The summed E-state index contributed by atoms with van der Waals surface area (Å²) in [5.74, 6) is 0.620. The van der Waals surface area contributed by atoms with Gasteiger partial charge in [-0.05, 0) is 62.0 Å². The van der Waals surface area contributed by atoms with Gasteiger partial charge in [0.05, 0.1) is 19.1 Å². The zero-order valence-corrected chi connectivity index (χ0v) is 30.7. The van der Waals surface area contributed by atoms with Crippen molar-refractivity contribution in [2.75, 3.05) is 20.3 Å². The average Bonchev–Trinajstić information content (AvgIpc) is 3.57. The van der Waals surface area contributed by atoms with Crippen LogP contribution in [0.1, 0.15) is 79.1 Å². The second-order valence-electron chi connectivity index (χ2n) is 16.0. The zero-order valence-electron chi connectivity index (χ0n) is 29.9. The summed E-state index contributed by atoms with van der Waals surface area (Å²) in [5, 5.41) is 15.3. The summed E-state index contributed by atoms with van der Waals surface area (Å²) in [7, 11) is 1.45. The predicted octanol–water partition coefficient (Wildman–Crippen LogP) is 6.12. The summed E-state index contributed by atoms with van der Waals surface area (Å²) in [5.41, 5.74) is -0.175. The second kappa shape index (κ2) is 13.5. The fourth-order valence-corrected chi connectivity index (χ4v) is 10.6. The molecule has 0 bridgehead atoms. The summed E-state index contributed by atoms with van der Waals surface area (Å²) in [6.07, 6.45) is 7.11. The van der Waals surface area contributed by atoms with Crippen LogP contribution in [0.15, 0.2) is 54.1 Å². The number of hydrogen-bond acceptors (Lipinski definition) is 9. The first-order valence-electron chi connectivity index (χ1n) is 18.1. The van der Waals surface area contributed by atoms with Gasteiger partial charge >= 0.3 is 11.9 Å². The molecule has 8 rings (SSSR count). The quantitative estimate of drug-likeness (QED) is 0.258. The van der Waals surface area contributed by atoms with Gasteiger partial charge in [0.25, 0.3) is 0 Å². The second-order valence-corrected chi connectivity index (χ2v) is 16.0. The van der Waals surface area contributed by atoms with Crippen LogP contribution in [0.5, 0.6) is 5.75 Å². The van der Waals surface area contributed by atoms with Gasteiger partial charge in [-0.3, -0.25) is 14.4 Å². The normalized spacial score (nSPS) is 36.8. The van der Waals surface area contributed by atoms with E-state index in [0.29, 0.717) is 38.5 Å². The van der Waals surface area contributed by atoms with Crippen molar-refractivity contribution in [1.82, 2.24) is 5.32 Å². The lowest BCUT2D eigenvalue weighted by atomic mass is 9.43. The first kappa shape index (κ1) is 36.8. The minimum absolute atomic E-state index is 0. The van der Waals surface area contributed by atoms with E-state index in [-0.39, 0.29) is 64.8 Å². The van der Waals surface area contributed by atoms with Crippen molar-refractivity contribution in [3.05, 3.63) is 54.1 Å². The van der Waals surface area contributed by atoms with E-state index >= 15 is 0 Å². The Morgan fingerprint density at radius 3 is 2.54 bits per heavy atom. The standard InChI is InChI=1S/C24H30O6.C16H21NO2.ClH/c1-21-7-4-14(25)10-13(21)11-15(20(27)28-3)19-16-5-8-23(9-6-18(26)30-23)22(16,2)12-17-24(19,21)29-17;1-12(2)17-10-14(18)11-19-16-9-5-7-13-6-3-4-8-15(13)16;/h10,15-17,19H,4-9,11-12H2,1-3H3;3-9,12,14,17-18H,10-11H2,1-2H3;1H/t15-,16+,17-,19+,21+,22+,23-,24-;;/m1../s1. The molecule has 0 amide bonds. The van der Waals surface area contributed by atoms with E-state index in [0.717, 1.165) is 54.2 Å². The number of fused-ring (bicyclic) bond motifs is 5. The SMILES string of the molecule is CC(C)NCC(O)COc1cccc2ccccc12.COC(=O)[C@@H]1CC2=CC(=O)CC[C@]2(C)[C@@]23O[C@@H]2C[C@@]2(C)[C@@H](CC[C@@]24CCC(=O)O4)[C@H]13.Cl. The van der Waals surface area contributed by atoms with Crippen LogP contribution in [0, 0.1) is 28.6 Å². The highest BCUT2D eigenvalue weighted by atomic mass is 35.5. The number of halogens is 1. The van der Waals surface area contributed by atoms with Crippen molar-refractivity contribution >= 4 is 40.9 Å². The Hall–Kier alpha value is -2.98. The van der Waals surface area contributed by atoms with Crippen molar-refractivity contribution in [2.24, 2.45) is 28.6 Å². The summed E-state index contributed by atoms with van der Waals surface area (Å²) < 4.78 is 23.6. The van der Waals surface area contributed by atoms with Crippen LogP contribution in [0.2, 0.25) is 0 Å². The van der Waals surface area contributed by atoms with E-state index in [4.69, 9.17) is 18.9 Å². The minimum atomic E-state index is -0.499. The number of methoxy groups -OCH3 is 1. The van der Waals surface area contributed by atoms with Gasteiger partial charge in [-0.2, -0.15) is 0 Å². The molecule has 0 aromatic heterocycles. The Balaban J connectivity index is 0.000000188. The number of benzene rings is 2. The Labute approximate surface area is 301 Å². The van der Waals surface area contributed by atoms with Gasteiger partial charge < -0.3 is 29.4 Å². The van der Waals surface area contributed by atoms with E-state index in [2.05, 4.69) is 45.1 Å². The van der Waals surface area contributed by atoms with Crippen LogP contribution in [-0.2, 0) is 28.6 Å². The molecule has 9 atom stereocenters. The highest BCUT2D eigenvalue weighted by Gasteiger charge is 2.83. The molecule has 2 N–H and O–H groups in total. The van der Waals surface area contributed by atoms with Crippen LogP contribution in [0.25, 0.3) is 10.8 Å². The fourth-order valence-electron chi connectivity index (χ4n) is 10.6. The van der Waals surface area contributed by atoms with E-state index < -0.39 is 17.3 Å². The van der Waals surface area contributed by atoms with Crippen LogP contribution < -0.4 is 10.1 Å². The van der Waals surface area contributed by atoms with Gasteiger partial charge in [0.2, 0.25) is 0 Å². The third-order valence-electron chi connectivity index (χ3n) is 13.2. The van der Waals surface area contributed by atoms with Gasteiger partial charge in [-0.25, -0.2) is 0 Å². The Bertz CT molecular complexity index is 1670. The average molecular weight is 710 g/mol. The van der Waals surface area contributed by atoms with E-state index in [1.54, 1.807) is 6.08 Å². The third-order valence-corrected chi connectivity index (χ3v) is 13.2. The molecule has 2 heterocycles. The first-order chi connectivity index (χ1) is 23.4.